The lowest BCUT2D eigenvalue weighted by Crippen LogP contribution is -2.49. The van der Waals surface area contributed by atoms with Gasteiger partial charge in [-0.3, -0.25) is 9.88 Å². The Morgan fingerprint density at radius 1 is 1.00 bits per heavy atom. The Hall–Kier alpha value is -3.45. The van der Waals surface area contributed by atoms with Gasteiger partial charge in [-0.1, -0.05) is 24.3 Å². The lowest BCUT2D eigenvalue weighted by Gasteiger charge is -2.34. The molecule has 166 valence electrons. The predicted molar refractivity (Wildman–Crippen MR) is 122 cm³/mol. The lowest BCUT2D eigenvalue weighted by atomic mass is 10.1. The number of ether oxygens (including phenoxy) is 1. The highest BCUT2D eigenvalue weighted by molar-refractivity contribution is 5.89. The zero-order valence-electron chi connectivity index (χ0n) is 17.9. The van der Waals surface area contributed by atoms with Crippen LogP contribution in [0, 0.1) is 5.82 Å². The number of urea groups is 1. The Labute approximate surface area is 187 Å². The predicted octanol–water partition coefficient (Wildman–Crippen LogP) is 4.19. The van der Waals surface area contributed by atoms with Crippen molar-refractivity contribution in [1.29, 1.82) is 0 Å². The molecule has 0 saturated carbocycles. The van der Waals surface area contributed by atoms with Crippen LogP contribution in [0.4, 0.5) is 14.9 Å². The van der Waals surface area contributed by atoms with Gasteiger partial charge in [-0.25, -0.2) is 9.18 Å². The summed E-state index contributed by atoms with van der Waals surface area (Å²) in [6.07, 6.45) is 3.98. The third kappa shape index (κ3) is 6.28. The maximum absolute atomic E-state index is 13.3. The van der Waals surface area contributed by atoms with E-state index in [-0.39, 0.29) is 11.8 Å². The molecule has 2 aromatic carbocycles. The molecular weight excluding hydrogens is 407 g/mol. The first-order valence-electron chi connectivity index (χ1n) is 10.8. The van der Waals surface area contributed by atoms with E-state index in [2.05, 4.69) is 21.3 Å². The third-order valence-corrected chi connectivity index (χ3v) is 5.43. The first-order chi connectivity index (χ1) is 15.7. The minimum absolute atomic E-state index is 0.0913. The molecule has 1 aromatic heterocycles. The summed E-state index contributed by atoms with van der Waals surface area (Å²) in [5.41, 5.74) is 2.79. The first kappa shape index (κ1) is 21.8. The van der Waals surface area contributed by atoms with Crippen molar-refractivity contribution in [2.24, 2.45) is 0 Å². The van der Waals surface area contributed by atoms with Crippen molar-refractivity contribution in [2.45, 2.75) is 13.0 Å². The molecule has 1 saturated heterocycles. The number of nitrogens with one attached hydrogen (secondary N) is 1. The molecule has 0 atom stereocenters. The number of halogens is 1. The number of carbonyl (C=O) groups is 1. The van der Waals surface area contributed by atoms with Gasteiger partial charge in [-0.2, -0.15) is 0 Å². The van der Waals surface area contributed by atoms with Crippen molar-refractivity contribution in [2.75, 3.05) is 38.1 Å². The van der Waals surface area contributed by atoms with Gasteiger partial charge in [0.1, 0.15) is 11.6 Å². The van der Waals surface area contributed by atoms with Crippen LogP contribution < -0.4 is 10.1 Å². The average molecular weight is 435 g/mol. The van der Waals surface area contributed by atoms with Gasteiger partial charge >= 0.3 is 6.03 Å². The number of hydrogen-bond acceptors (Lipinski definition) is 4. The van der Waals surface area contributed by atoms with Crippen molar-refractivity contribution in [1.82, 2.24) is 14.8 Å². The Morgan fingerprint density at radius 3 is 2.59 bits per heavy atom. The summed E-state index contributed by atoms with van der Waals surface area (Å²) in [5.74, 6) is 0.590. The number of pyridine rings is 1. The van der Waals surface area contributed by atoms with E-state index in [0.717, 1.165) is 30.9 Å². The van der Waals surface area contributed by atoms with Gasteiger partial charge in [-0.05, 0) is 47.5 Å². The molecule has 0 spiro atoms. The van der Waals surface area contributed by atoms with Crippen LogP contribution in [0.2, 0.25) is 0 Å². The Kier molecular flexibility index (Phi) is 7.30. The van der Waals surface area contributed by atoms with Gasteiger partial charge in [0.05, 0.1) is 18.5 Å². The van der Waals surface area contributed by atoms with Crippen LogP contribution in [0.3, 0.4) is 0 Å². The minimum atomic E-state index is -0.223. The van der Waals surface area contributed by atoms with Crippen LogP contribution >= 0.6 is 0 Å². The van der Waals surface area contributed by atoms with E-state index in [4.69, 9.17) is 4.74 Å². The Morgan fingerprint density at radius 2 is 1.81 bits per heavy atom. The Balaban J connectivity index is 1.22. The quantitative estimate of drug-likeness (QED) is 0.606. The van der Waals surface area contributed by atoms with E-state index in [9.17, 15) is 9.18 Å². The maximum atomic E-state index is 13.3. The number of carbonyl (C=O) groups excluding carboxylic acids is 1. The van der Waals surface area contributed by atoms with Crippen molar-refractivity contribution >= 4 is 11.7 Å². The molecule has 1 aliphatic rings. The van der Waals surface area contributed by atoms with E-state index in [1.54, 1.807) is 24.5 Å². The zero-order valence-corrected chi connectivity index (χ0v) is 17.9. The van der Waals surface area contributed by atoms with Crippen LogP contribution in [0.5, 0.6) is 5.75 Å². The number of anilines is 1. The van der Waals surface area contributed by atoms with Gasteiger partial charge in [0, 0.05) is 45.3 Å². The standard InChI is InChI=1S/C25H27FN4O2/c26-22-6-1-4-20(16-22)9-15-32-24-8-2-5-21(17-24)19-29-11-13-30(14-12-29)25(31)28-23-7-3-10-27-18-23/h1-8,10,16-18H,9,11-15,19H2,(H,28,31). The molecule has 6 nitrogen and oxygen atoms in total. The normalized spacial score (nSPS) is 14.2. The molecule has 0 radical (unpaired) electrons. The minimum Gasteiger partial charge on any atom is -0.493 e. The van der Waals surface area contributed by atoms with Gasteiger partial charge < -0.3 is 15.0 Å². The highest BCUT2D eigenvalue weighted by Crippen LogP contribution is 2.17. The fourth-order valence-corrected chi connectivity index (χ4v) is 3.72. The highest BCUT2D eigenvalue weighted by Gasteiger charge is 2.21. The SMILES string of the molecule is O=C(Nc1cccnc1)N1CCN(Cc2cccc(OCCc3cccc(F)c3)c2)CC1. The number of rotatable bonds is 7. The number of aromatic nitrogens is 1. The van der Waals surface area contributed by atoms with Gasteiger partial charge in [-0.15, -0.1) is 0 Å². The molecule has 32 heavy (non-hydrogen) atoms. The number of amides is 2. The molecule has 1 aliphatic heterocycles. The van der Waals surface area contributed by atoms with Crippen molar-refractivity contribution < 1.29 is 13.9 Å². The Bertz CT molecular complexity index is 1020. The first-order valence-corrected chi connectivity index (χ1v) is 10.8. The summed E-state index contributed by atoms with van der Waals surface area (Å²) in [6, 6.07) is 18.2. The van der Waals surface area contributed by atoms with Crippen LogP contribution in [0.15, 0.2) is 73.1 Å². The summed E-state index contributed by atoms with van der Waals surface area (Å²) >= 11 is 0. The van der Waals surface area contributed by atoms with Crippen LogP contribution in [0.1, 0.15) is 11.1 Å². The molecule has 1 N–H and O–H groups in total. The van der Waals surface area contributed by atoms with E-state index in [1.165, 1.54) is 17.7 Å². The van der Waals surface area contributed by atoms with Crippen molar-refractivity contribution in [3.8, 4) is 5.75 Å². The fourth-order valence-electron chi connectivity index (χ4n) is 3.72. The largest absolute Gasteiger partial charge is 0.493 e. The molecule has 0 aliphatic carbocycles. The molecule has 2 amide bonds. The molecule has 1 fully saturated rings. The lowest BCUT2D eigenvalue weighted by molar-refractivity contribution is 0.143. The van der Waals surface area contributed by atoms with E-state index in [1.807, 2.05) is 35.2 Å². The number of nitrogens with zero attached hydrogens (tertiary/aromatic N) is 3. The summed E-state index contributed by atoms with van der Waals surface area (Å²) < 4.78 is 19.2. The van der Waals surface area contributed by atoms with Gasteiger partial charge in [0.25, 0.3) is 0 Å². The summed E-state index contributed by atoms with van der Waals surface area (Å²) in [6.45, 7) is 4.28. The molecule has 2 heterocycles. The number of hydrogen-bond donors (Lipinski definition) is 1. The maximum Gasteiger partial charge on any atom is 0.321 e. The second-order valence-electron chi connectivity index (χ2n) is 7.81. The third-order valence-electron chi connectivity index (χ3n) is 5.43. The second kappa shape index (κ2) is 10.7. The molecule has 3 aromatic rings. The van der Waals surface area contributed by atoms with E-state index in [0.29, 0.717) is 31.8 Å². The topological polar surface area (TPSA) is 57.7 Å². The average Bonchev–Trinajstić information content (AvgIpc) is 2.81. The van der Waals surface area contributed by atoms with Gasteiger partial charge in [0.15, 0.2) is 0 Å². The second-order valence-corrected chi connectivity index (χ2v) is 7.81. The molecular formula is C25H27FN4O2. The zero-order chi connectivity index (χ0) is 22.2. The smallest absolute Gasteiger partial charge is 0.321 e. The molecule has 0 bridgehead atoms. The van der Waals surface area contributed by atoms with Crippen molar-refractivity contribution in [3.63, 3.8) is 0 Å². The highest BCUT2D eigenvalue weighted by atomic mass is 19.1. The number of piperazine rings is 1. The van der Waals surface area contributed by atoms with Crippen LogP contribution in [-0.2, 0) is 13.0 Å². The molecule has 4 rings (SSSR count). The fraction of sp³-hybridized carbons (Fsp3) is 0.280. The van der Waals surface area contributed by atoms with Crippen molar-refractivity contribution in [3.05, 3.63) is 90.0 Å². The van der Waals surface area contributed by atoms with Crippen LogP contribution in [0.25, 0.3) is 0 Å². The van der Waals surface area contributed by atoms with Crippen LogP contribution in [-0.4, -0.2) is 53.6 Å². The molecule has 7 heteroatoms. The summed E-state index contributed by atoms with van der Waals surface area (Å²) in [4.78, 5) is 20.6. The summed E-state index contributed by atoms with van der Waals surface area (Å²) in [7, 11) is 0. The molecule has 0 unspecified atom stereocenters. The van der Waals surface area contributed by atoms with E-state index < -0.39 is 0 Å². The number of benzene rings is 2. The monoisotopic (exact) mass is 434 g/mol. The summed E-state index contributed by atoms with van der Waals surface area (Å²) in [5, 5.41) is 2.89. The van der Waals surface area contributed by atoms with E-state index >= 15 is 0 Å². The van der Waals surface area contributed by atoms with Gasteiger partial charge in [0.2, 0.25) is 0 Å².